The zero-order valence-corrected chi connectivity index (χ0v) is 12.1. The number of carbonyl (C=O) groups is 3. The van der Waals surface area contributed by atoms with Crippen LogP contribution in [0.15, 0.2) is 0 Å². The molecule has 0 bridgehead atoms. The second-order valence-corrected chi connectivity index (χ2v) is 6.28. The number of nitrogens with zero attached hydrogens (tertiary/aromatic N) is 1. The van der Waals surface area contributed by atoms with Crippen LogP contribution in [0.3, 0.4) is 0 Å². The van der Waals surface area contributed by atoms with Crippen molar-refractivity contribution < 1.29 is 19.5 Å². The summed E-state index contributed by atoms with van der Waals surface area (Å²) in [5, 5.41) is 12.2. The lowest BCUT2D eigenvalue weighted by Gasteiger charge is -2.32. The van der Waals surface area contributed by atoms with Gasteiger partial charge in [-0.3, -0.25) is 24.6 Å². The molecule has 0 radical (unpaired) electrons. The van der Waals surface area contributed by atoms with Gasteiger partial charge in [0, 0.05) is 12.5 Å². The number of likely N-dealkylation sites (tertiary alicyclic amines) is 1. The summed E-state index contributed by atoms with van der Waals surface area (Å²) in [6, 6.07) is -0.0677. The molecule has 2 amide bonds. The van der Waals surface area contributed by atoms with Gasteiger partial charge in [-0.2, -0.15) is 0 Å². The van der Waals surface area contributed by atoms with Gasteiger partial charge in [0.05, 0.1) is 12.0 Å². The lowest BCUT2D eigenvalue weighted by Crippen LogP contribution is -2.60. The number of carbonyl (C=O) groups excluding carboxylic acids is 2. The molecule has 19 heavy (non-hydrogen) atoms. The molecule has 1 saturated heterocycles. The number of carboxylic acids is 1. The fourth-order valence-electron chi connectivity index (χ4n) is 2.32. The van der Waals surface area contributed by atoms with Crippen LogP contribution in [-0.4, -0.2) is 45.9 Å². The minimum absolute atomic E-state index is 0.0677. The molecule has 1 unspecified atom stereocenters. The van der Waals surface area contributed by atoms with Crippen LogP contribution in [0.1, 0.15) is 41.0 Å². The van der Waals surface area contributed by atoms with Crippen molar-refractivity contribution in [2.75, 3.05) is 6.54 Å². The minimum Gasteiger partial charge on any atom is -0.480 e. The van der Waals surface area contributed by atoms with Gasteiger partial charge in [-0.15, -0.1) is 0 Å². The number of nitrogens with one attached hydrogen (secondary N) is 1. The summed E-state index contributed by atoms with van der Waals surface area (Å²) < 4.78 is 0. The van der Waals surface area contributed by atoms with E-state index in [4.69, 9.17) is 0 Å². The van der Waals surface area contributed by atoms with Gasteiger partial charge in [-0.05, 0) is 20.8 Å². The molecule has 6 heteroatoms. The van der Waals surface area contributed by atoms with E-state index in [-0.39, 0.29) is 30.8 Å². The lowest BCUT2D eigenvalue weighted by molar-refractivity contribution is -0.149. The minimum atomic E-state index is -1.33. The summed E-state index contributed by atoms with van der Waals surface area (Å²) in [5.41, 5.74) is -2.08. The first-order valence-electron chi connectivity index (χ1n) is 6.35. The maximum atomic E-state index is 12.1. The van der Waals surface area contributed by atoms with Crippen LogP contribution in [0.25, 0.3) is 0 Å². The molecule has 0 aromatic rings. The average molecular weight is 270 g/mol. The van der Waals surface area contributed by atoms with Crippen molar-refractivity contribution in [3.05, 3.63) is 0 Å². The van der Waals surface area contributed by atoms with Crippen LogP contribution < -0.4 is 5.32 Å². The highest BCUT2D eigenvalue weighted by Crippen LogP contribution is 2.32. The van der Waals surface area contributed by atoms with Crippen molar-refractivity contribution in [3.63, 3.8) is 0 Å². The third kappa shape index (κ3) is 3.12. The molecule has 0 spiro atoms. The quantitative estimate of drug-likeness (QED) is 0.715. The van der Waals surface area contributed by atoms with Crippen LogP contribution in [0.5, 0.6) is 0 Å². The van der Waals surface area contributed by atoms with Gasteiger partial charge >= 0.3 is 5.97 Å². The van der Waals surface area contributed by atoms with Crippen LogP contribution in [0.4, 0.5) is 0 Å². The first-order valence-corrected chi connectivity index (χ1v) is 6.35. The molecule has 2 N–H and O–H groups in total. The van der Waals surface area contributed by atoms with E-state index in [1.807, 2.05) is 13.8 Å². The Labute approximate surface area is 113 Å². The van der Waals surface area contributed by atoms with Crippen molar-refractivity contribution in [3.8, 4) is 0 Å². The van der Waals surface area contributed by atoms with E-state index in [1.54, 1.807) is 13.8 Å². The summed E-state index contributed by atoms with van der Waals surface area (Å²) in [4.78, 5) is 36.4. The molecule has 1 fully saturated rings. The predicted octanol–water partition coefficient (Wildman–Crippen LogP) is 0.613. The molecule has 1 rings (SSSR count). The van der Waals surface area contributed by atoms with Crippen molar-refractivity contribution >= 4 is 17.8 Å². The maximum Gasteiger partial charge on any atom is 0.325 e. The van der Waals surface area contributed by atoms with E-state index < -0.39 is 16.9 Å². The Bertz CT molecular complexity index is 417. The second kappa shape index (κ2) is 4.92. The first-order chi connectivity index (χ1) is 8.49. The molecule has 1 aliphatic heterocycles. The van der Waals surface area contributed by atoms with E-state index in [9.17, 15) is 19.5 Å². The Kier molecular flexibility index (Phi) is 4.05. The fraction of sp³-hybridized carbons (Fsp3) is 0.769. The number of aliphatic carboxylic acids is 1. The largest absolute Gasteiger partial charge is 0.480 e. The smallest absolute Gasteiger partial charge is 0.325 e. The molecular formula is C13H22N2O4. The zero-order chi connectivity index (χ0) is 15.0. The van der Waals surface area contributed by atoms with Crippen molar-refractivity contribution in [2.45, 2.75) is 52.6 Å². The molecule has 1 atom stereocenters. The first kappa shape index (κ1) is 15.6. The molecule has 0 aliphatic carbocycles. The third-order valence-electron chi connectivity index (χ3n) is 3.27. The molecule has 0 saturated carbocycles. The summed E-state index contributed by atoms with van der Waals surface area (Å²) in [5.74, 6) is -1.70. The molecule has 1 heterocycles. The highest BCUT2D eigenvalue weighted by atomic mass is 16.4. The normalized spacial score (nSPS) is 21.9. The lowest BCUT2D eigenvalue weighted by atomic mass is 9.92. The zero-order valence-electron chi connectivity index (χ0n) is 12.1. The van der Waals surface area contributed by atoms with Crippen LogP contribution >= 0.6 is 0 Å². The molecule has 1 aliphatic rings. The van der Waals surface area contributed by atoms with Gasteiger partial charge in [0.2, 0.25) is 11.8 Å². The highest BCUT2D eigenvalue weighted by Gasteiger charge is 2.48. The fourth-order valence-corrected chi connectivity index (χ4v) is 2.32. The summed E-state index contributed by atoms with van der Waals surface area (Å²) >= 11 is 0. The molecule has 0 aromatic carbocycles. The Hall–Kier alpha value is -1.43. The molecule has 6 nitrogen and oxygen atoms in total. The Morgan fingerprint density at radius 3 is 2.32 bits per heavy atom. The number of carboxylic acid groups (broad SMARTS) is 1. The van der Waals surface area contributed by atoms with Crippen LogP contribution in [0, 0.1) is 5.41 Å². The SMILES string of the molecule is CC(C)NC(C)(CN1C(=O)CC(C)(C)C1=O)C(=O)O. The van der Waals surface area contributed by atoms with E-state index in [0.717, 1.165) is 4.90 Å². The van der Waals surface area contributed by atoms with Gasteiger partial charge in [-0.1, -0.05) is 13.8 Å². The van der Waals surface area contributed by atoms with E-state index in [0.29, 0.717) is 0 Å². The standard InChI is InChI=1S/C13H22N2O4/c1-8(2)14-13(5,11(18)19)7-15-9(16)6-12(3,4)10(15)17/h8,14H,6-7H2,1-5H3,(H,18,19). The highest BCUT2D eigenvalue weighted by molar-refractivity contribution is 6.05. The topological polar surface area (TPSA) is 86.7 Å². The summed E-state index contributed by atoms with van der Waals surface area (Å²) in [6.07, 6.45) is 0.128. The Morgan fingerprint density at radius 1 is 1.47 bits per heavy atom. The van der Waals surface area contributed by atoms with Crippen LogP contribution in [0.2, 0.25) is 0 Å². The molecular weight excluding hydrogens is 248 g/mol. The van der Waals surface area contributed by atoms with E-state index in [1.165, 1.54) is 6.92 Å². The second-order valence-electron chi connectivity index (χ2n) is 6.28. The van der Waals surface area contributed by atoms with Crippen molar-refractivity contribution in [1.82, 2.24) is 10.2 Å². The number of rotatable bonds is 5. The third-order valence-corrected chi connectivity index (χ3v) is 3.27. The number of amides is 2. The monoisotopic (exact) mass is 270 g/mol. The number of imide groups is 1. The van der Waals surface area contributed by atoms with Gasteiger partial charge in [0.25, 0.3) is 0 Å². The average Bonchev–Trinajstić information content (AvgIpc) is 2.39. The van der Waals surface area contributed by atoms with Crippen molar-refractivity contribution in [1.29, 1.82) is 0 Å². The van der Waals surface area contributed by atoms with Crippen molar-refractivity contribution in [2.24, 2.45) is 5.41 Å². The van der Waals surface area contributed by atoms with Gasteiger partial charge in [0.15, 0.2) is 0 Å². The molecule has 0 aromatic heterocycles. The summed E-state index contributed by atoms with van der Waals surface area (Å²) in [7, 11) is 0. The predicted molar refractivity (Wildman–Crippen MR) is 69.4 cm³/mol. The summed E-state index contributed by atoms with van der Waals surface area (Å²) in [6.45, 7) is 8.36. The van der Waals surface area contributed by atoms with E-state index >= 15 is 0 Å². The van der Waals surface area contributed by atoms with Gasteiger partial charge < -0.3 is 5.11 Å². The maximum absolute atomic E-state index is 12.1. The molecule has 108 valence electrons. The number of hydrogen-bond acceptors (Lipinski definition) is 4. The van der Waals surface area contributed by atoms with Gasteiger partial charge in [0.1, 0.15) is 5.54 Å². The Morgan fingerprint density at radius 2 is 2.00 bits per heavy atom. The number of hydrogen-bond donors (Lipinski definition) is 2. The Balaban J connectivity index is 2.95. The van der Waals surface area contributed by atoms with Gasteiger partial charge in [-0.25, -0.2) is 0 Å². The van der Waals surface area contributed by atoms with Crippen LogP contribution in [-0.2, 0) is 14.4 Å². The van der Waals surface area contributed by atoms with E-state index in [2.05, 4.69) is 5.32 Å².